The molecule has 4 nitrogen and oxygen atoms in total. The quantitative estimate of drug-likeness (QED) is 0.878. The van der Waals surface area contributed by atoms with Gasteiger partial charge in [0.15, 0.2) is 0 Å². The number of aryl methyl sites for hydroxylation is 1. The van der Waals surface area contributed by atoms with Gasteiger partial charge in [-0.1, -0.05) is 13.0 Å². The summed E-state index contributed by atoms with van der Waals surface area (Å²) in [7, 11) is 0. The van der Waals surface area contributed by atoms with Gasteiger partial charge in [0, 0.05) is 17.5 Å². The van der Waals surface area contributed by atoms with E-state index in [9.17, 15) is 0 Å². The molecule has 0 aliphatic carbocycles. The lowest BCUT2D eigenvalue weighted by atomic mass is 10.1. The van der Waals surface area contributed by atoms with Crippen molar-refractivity contribution in [1.82, 2.24) is 14.8 Å². The maximum atomic E-state index is 5.84. The molecule has 0 aliphatic heterocycles. The summed E-state index contributed by atoms with van der Waals surface area (Å²) in [4.78, 5) is 4.09. The molecule has 0 atom stereocenters. The highest BCUT2D eigenvalue weighted by Gasteiger charge is 2.10. The molecule has 0 radical (unpaired) electrons. The Morgan fingerprint density at radius 2 is 2.12 bits per heavy atom. The van der Waals surface area contributed by atoms with Gasteiger partial charge < -0.3 is 5.73 Å². The van der Waals surface area contributed by atoms with Crippen LogP contribution in [0.25, 0.3) is 0 Å². The molecular formula is C13H18N4. The number of nitrogen functional groups attached to an aromatic ring is 1. The van der Waals surface area contributed by atoms with Crippen molar-refractivity contribution in [3.63, 3.8) is 0 Å². The van der Waals surface area contributed by atoms with Gasteiger partial charge in [-0.25, -0.2) is 4.98 Å². The molecule has 2 rings (SSSR count). The Labute approximate surface area is 101 Å². The Hall–Kier alpha value is -1.84. The minimum atomic E-state index is 0.582. The summed E-state index contributed by atoms with van der Waals surface area (Å²) in [6.45, 7) is 6.99. The van der Waals surface area contributed by atoms with Crippen molar-refractivity contribution < 1.29 is 0 Å². The van der Waals surface area contributed by atoms with Crippen LogP contribution in [0.1, 0.15) is 29.4 Å². The zero-order chi connectivity index (χ0) is 12.4. The summed E-state index contributed by atoms with van der Waals surface area (Å²) in [6.07, 6.45) is 2.72. The third-order valence-electron chi connectivity index (χ3n) is 3.13. The summed E-state index contributed by atoms with van der Waals surface area (Å²) < 4.78 is 2.00. The number of pyridine rings is 1. The fourth-order valence-electron chi connectivity index (χ4n) is 2.15. The first-order valence-corrected chi connectivity index (χ1v) is 5.85. The number of nitrogens with zero attached hydrogens (tertiary/aromatic N) is 3. The van der Waals surface area contributed by atoms with Crippen molar-refractivity contribution in [2.75, 3.05) is 5.73 Å². The molecule has 90 valence electrons. The standard InChI is InChI=1S/C13H18N4/c1-4-12-9(2)16-17(10(12)3)8-11-6-5-7-15-13(11)14/h5-7H,4,8H2,1-3H3,(H2,14,15). The minimum Gasteiger partial charge on any atom is -0.383 e. The highest BCUT2D eigenvalue weighted by molar-refractivity contribution is 5.39. The lowest BCUT2D eigenvalue weighted by Crippen LogP contribution is -2.07. The molecule has 0 spiro atoms. The normalized spacial score (nSPS) is 10.8. The van der Waals surface area contributed by atoms with Gasteiger partial charge in [-0.3, -0.25) is 4.68 Å². The van der Waals surface area contributed by atoms with Crippen LogP contribution in [-0.4, -0.2) is 14.8 Å². The van der Waals surface area contributed by atoms with Crippen LogP contribution in [0.3, 0.4) is 0 Å². The predicted molar refractivity (Wildman–Crippen MR) is 68.8 cm³/mol. The second kappa shape index (κ2) is 4.57. The molecule has 2 aromatic rings. The maximum absolute atomic E-state index is 5.84. The molecule has 0 amide bonds. The van der Waals surface area contributed by atoms with E-state index in [1.165, 1.54) is 11.3 Å². The SMILES string of the molecule is CCc1c(C)nn(Cc2cccnc2N)c1C. The van der Waals surface area contributed by atoms with Crippen LogP contribution in [0.4, 0.5) is 5.82 Å². The van der Waals surface area contributed by atoms with Crippen molar-refractivity contribution >= 4 is 5.82 Å². The largest absolute Gasteiger partial charge is 0.383 e. The van der Waals surface area contributed by atoms with Crippen LogP contribution >= 0.6 is 0 Å². The number of hydrogen-bond acceptors (Lipinski definition) is 3. The molecule has 2 aromatic heterocycles. The zero-order valence-corrected chi connectivity index (χ0v) is 10.6. The summed E-state index contributed by atoms with van der Waals surface area (Å²) in [6, 6.07) is 3.89. The maximum Gasteiger partial charge on any atom is 0.128 e. The van der Waals surface area contributed by atoms with Crippen LogP contribution in [0.15, 0.2) is 18.3 Å². The highest BCUT2D eigenvalue weighted by Crippen LogP contribution is 2.16. The van der Waals surface area contributed by atoms with Gasteiger partial charge >= 0.3 is 0 Å². The van der Waals surface area contributed by atoms with E-state index in [1.54, 1.807) is 6.20 Å². The second-order valence-electron chi connectivity index (χ2n) is 4.21. The monoisotopic (exact) mass is 230 g/mol. The summed E-state index contributed by atoms with van der Waals surface area (Å²) in [5.41, 5.74) is 10.5. The second-order valence-corrected chi connectivity index (χ2v) is 4.21. The molecule has 0 bridgehead atoms. The Morgan fingerprint density at radius 3 is 2.71 bits per heavy atom. The first-order valence-electron chi connectivity index (χ1n) is 5.85. The number of hydrogen-bond donors (Lipinski definition) is 1. The van der Waals surface area contributed by atoms with E-state index in [1.807, 2.05) is 16.8 Å². The van der Waals surface area contributed by atoms with Crippen LogP contribution in [0.2, 0.25) is 0 Å². The van der Waals surface area contributed by atoms with Crippen LogP contribution in [-0.2, 0) is 13.0 Å². The van der Waals surface area contributed by atoms with Crippen LogP contribution < -0.4 is 5.73 Å². The van der Waals surface area contributed by atoms with E-state index in [2.05, 4.69) is 30.9 Å². The molecule has 2 heterocycles. The first-order chi connectivity index (χ1) is 8.13. The number of anilines is 1. The van der Waals surface area contributed by atoms with Crippen molar-refractivity contribution in [2.24, 2.45) is 0 Å². The molecule has 17 heavy (non-hydrogen) atoms. The fourth-order valence-corrected chi connectivity index (χ4v) is 2.15. The average molecular weight is 230 g/mol. The van der Waals surface area contributed by atoms with E-state index in [4.69, 9.17) is 5.73 Å². The van der Waals surface area contributed by atoms with Gasteiger partial charge in [0.2, 0.25) is 0 Å². The average Bonchev–Trinajstić information content (AvgIpc) is 2.57. The molecule has 0 saturated carbocycles. The summed E-state index contributed by atoms with van der Waals surface area (Å²) in [5, 5.41) is 4.55. The van der Waals surface area contributed by atoms with Gasteiger partial charge in [0.1, 0.15) is 5.82 Å². The number of nitrogens with two attached hydrogens (primary N) is 1. The van der Waals surface area contributed by atoms with Crippen molar-refractivity contribution in [1.29, 1.82) is 0 Å². The van der Waals surface area contributed by atoms with Crippen molar-refractivity contribution in [3.8, 4) is 0 Å². The molecule has 4 heteroatoms. The molecule has 0 saturated heterocycles. The Morgan fingerprint density at radius 1 is 1.35 bits per heavy atom. The van der Waals surface area contributed by atoms with E-state index in [0.717, 1.165) is 17.7 Å². The zero-order valence-electron chi connectivity index (χ0n) is 10.6. The number of rotatable bonds is 3. The van der Waals surface area contributed by atoms with E-state index >= 15 is 0 Å². The third-order valence-corrected chi connectivity index (χ3v) is 3.13. The van der Waals surface area contributed by atoms with Gasteiger partial charge in [0.25, 0.3) is 0 Å². The van der Waals surface area contributed by atoms with Crippen LogP contribution in [0.5, 0.6) is 0 Å². The van der Waals surface area contributed by atoms with Gasteiger partial charge in [-0.15, -0.1) is 0 Å². The topological polar surface area (TPSA) is 56.7 Å². The van der Waals surface area contributed by atoms with E-state index in [-0.39, 0.29) is 0 Å². The predicted octanol–water partition coefficient (Wildman–Crippen LogP) is 2.09. The van der Waals surface area contributed by atoms with Gasteiger partial charge in [-0.2, -0.15) is 5.10 Å². The number of aromatic nitrogens is 3. The molecular weight excluding hydrogens is 212 g/mol. The van der Waals surface area contributed by atoms with E-state index in [0.29, 0.717) is 12.4 Å². The van der Waals surface area contributed by atoms with Gasteiger partial charge in [-0.05, 0) is 31.9 Å². The Balaban J connectivity index is 2.34. The molecule has 0 unspecified atom stereocenters. The van der Waals surface area contributed by atoms with Crippen LogP contribution in [0, 0.1) is 13.8 Å². The lowest BCUT2D eigenvalue weighted by Gasteiger charge is -2.07. The molecule has 0 fully saturated rings. The van der Waals surface area contributed by atoms with E-state index < -0.39 is 0 Å². The van der Waals surface area contributed by atoms with Crippen molar-refractivity contribution in [2.45, 2.75) is 33.7 Å². The smallest absolute Gasteiger partial charge is 0.128 e. The lowest BCUT2D eigenvalue weighted by molar-refractivity contribution is 0.658. The van der Waals surface area contributed by atoms with Crippen molar-refractivity contribution in [3.05, 3.63) is 40.8 Å². The first kappa shape index (κ1) is 11.6. The Bertz CT molecular complexity index is 528. The molecule has 0 aromatic carbocycles. The Kier molecular flexibility index (Phi) is 3.13. The summed E-state index contributed by atoms with van der Waals surface area (Å²) >= 11 is 0. The minimum absolute atomic E-state index is 0.582. The summed E-state index contributed by atoms with van der Waals surface area (Å²) in [5.74, 6) is 0.582. The highest BCUT2D eigenvalue weighted by atomic mass is 15.3. The fraction of sp³-hybridized carbons (Fsp3) is 0.385. The molecule has 0 aliphatic rings. The van der Waals surface area contributed by atoms with Gasteiger partial charge in [0.05, 0.1) is 12.2 Å². The third kappa shape index (κ3) is 2.16. The molecule has 2 N–H and O–H groups in total.